The largest absolute Gasteiger partial charge is 0.467 e. The molecule has 4 rings (SSSR count). The summed E-state index contributed by atoms with van der Waals surface area (Å²) in [5, 5.41) is 2.68. The first-order valence-corrected chi connectivity index (χ1v) is 9.17. The summed E-state index contributed by atoms with van der Waals surface area (Å²) in [6, 6.07) is 10.6. The third-order valence-electron chi connectivity index (χ3n) is 4.12. The summed E-state index contributed by atoms with van der Waals surface area (Å²) in [4.78, 5) is 12.2. The van der Waals surface area contributed by atoms with Gasteiger partial charge in [0.15, 0.2) is 0 Å². The van der Waals surface area contributed by atoms with Crippen LogP contribution in [0.25, 0.3) is 0 Å². The van der Waals surface area contributed by atoms with Crippen molar-refractivity contribution in [3.63, 3.8) is 0 Å². The third-order valence-corrected chi connectivity index (χ3v) is 6.00. The predicted octanol–water partition coefficient (Wildman–Crippen LogP) is 1.63. The van der Waals surface area contributed by atoms with Crippen LogP contribution in [0.15, 0.2) is 47.1 Å². The Balaban J connectivity index is 1.54. The van der Waals surface area contributed by atoms with Crippen molar-refractivity contribution in [1.82, 2.24) is 5.32 Å². The number of hydrogen-bond donors (Lipinski definition) is 1. The third kappa shape index (κ3) is 2.52. The van der Waals surface area contributed by atoms with Crippen LogP contribution in [0.1, 0.15) is 18.6 Å². The smallest absolute Gasteiger partial charge is 0.327 e. The van der Waals surface area contributed by atoms with Crippen molar-refractivity contribution >= 4 is 27.5 Å². The number of nitrogens with zero attached hydrogens (tertiary/aromatic N) is 2. The van der Waals surface area contributed by atoms with E-state index in [-0.39, 0.29) is 25.0 Å². The van der Waals surface area contributed by atoms with E-state index in [1.54, 1.807) is 30.3 Å². The number of carbonyl (C=O) groups is 1. The first-order valence-electron chi connectivity index (χ1n) is 7.77. The molecule has 1 aliphatic carbocycles. The molecule has 7 nitrogen and oxygen atoms in total. The van der Waals surface area contributed by atoms with Gasteiger partial charge in [0, 0.05) is 6.04 Å². The summed E-state index contributed by atoms with van der Waals surface area (Å²) >= 11 is 0. The second-order valence-corrected chi connectivity index (χ2v) is 7.62. The Labute approximate surface area is 140 Å². The van der Waals surface area contributed by atoms with Gasteiger partial charge in [-0.25, -0.2) is 8.61 Å². The summed E-state index contributed by atoms with van der Waals surface area (Å²) in [5.74, 6) is 0.245. The molecule has 1 aliphatic heterocycles. The number of furan rings is 1. The maximum absolute atomic E-state index is 12.9. The average molecular weight is 347 g/mol. The summed E-state index contributed by atoms with van der Waals surface area (Å²) in [6.45, 7) is -0.0169. The molecule has 1 fully saturated rings. The summed E-state index contributed by atoms with van der Waals surface area (Å²) < 4.78 is 33.5. The van der Waals surface area contributed by atoms with Gasteiger partial charge in [-0.05, 0) is 37.1 Å². The molecular weight excluding hydrogens is 330 g/mol. The van der Waals surface area contributed by atoms with E-state index in [1.165, 1.54) is 14.9 Å². The number of anilines is 2. The number of amides is 1. The number of rotatable bonds is 5. The van der Waals surface area contributed by atoms with Gasteiger partial charge in [0.05, 0.1) is 24.2 Å². The number of hydrogen-bond acceptors (Lipinski definition) is 4. The molecule has 24 heavy (non-hydrogen) atoms. The number of benzene rings is 1. The van der Waals surface area contributed by atoms with Gasteiger partial charge in [0.1, 0.15) is 12.3 Å². The molecule has 2 aromatic rings. The van der Waals surface area contributed by atoms with Gasteiger partial charge in [-0.3, -0.25) is 4.79 Å². The maximum Gasteiger partial charge on any atom is 0.327 e. The fourth-order valence-electron chi connectivity index (χ4n) is 2.86. The number of carbonyl (C=O) groups excluding carboxylic acids is 1. The van der Waals surface area contributed by atoms with Crippen molar-refractivity contribution in [2.24, 2.45) is 0 Å². The SMILES string of the molecule is O=C(CN1c2ccccc2N(C2CC2)S1(=O)=O)NCc1ccco1. The van der Waals surface area contributed by atoms with Crippen molar-refractivity contribution in [2.45, 2.75) is 25.4 Å². The van der Waals surface area contributed by atoms with E-state index in [1.807, 2.05) is 6.07 Å². The highest BCUT2D eigenvalue weighted by Gasteiger charge is 2.47. The quantitative estimate of drug-likeness (QED) is 0.891. The second-order valence-electron chi connectivity index (χ2n) is 5.89. The lowest BCUT2D eigenvalue weighted by atomic mass is 10.2. The minimum absolute atomic E-state index is 0.00679. The number of nitrogens with one attached hydrogen (secondary N) is 1. The molecule has 0 atom stereocenters. The van der Waals surface area contributed by atoms with Crippen LogP contribution in [0.3, 0.4) is 0 Å². The molecule has 2 heterocycles. The van der Waals surface area contributed by atoms with Crippen molar-refractivity contribution in [1.29, 1.82) is 0 Å². The van der Waals surface area contributed by atoms with Gasteiger partial charge in [0.25, 0.3) is 0 Å². The molecule has 2 aliphatic rings. The molecule has 0 bridgehead atoms. The van der Waals surface area contributed by atoms with Crippen LogP contribution in [-0.2, 0) is 21.5 Å². The summed E-state index contributed by atoms with van der Waals surface area (Å²) in [7, 11) is -3.71. The Kier molecular flexibility index (Phi) is 3.49. The first kappa shape index (κ1) is 15.1. The topological polar surface area (TPSA) is 82.9 Å². The zero-order valence-corrected chi connectivity index (χ0v) is 13.7. The van der Waals surface area contributed by atoms with Gasteiger partial charge >= 0.3 is 10.2 Å². The van der Waals surface area contributed by atoms with Crippen molar-refractivity contribution < 1.29 is 17.6 Å². The summed E-state index contributed by atoms with van der Waals surface area (Å²) in [6.07, 6.45) is 3.23. The summed E-state index contributed by atoms with van der Waals surface area (Å²) in [5.41, 5.74) is 1.20. The van der Waals surface area contributed by atoms with Crippen LogP contribution < -0.4 is 13.9 Å². The standard InChI is InChI=1S/C16H17N3O4S/c20-16(17-10-13-4-3-9-23-13)11-18-14-5-1-2-6-15(14)19(12-7-8-12)24(18,21)22/h1-6,9,12H,7-8,10-11H2,(H,17,20). The molecule has 1 N–H and O–H groups in total. The highest BCUT2D eigenvalue weighted by Crippen LogP contribution is 2.46. The van der Waals surface area contributed by atoms with E-state index in [2.05, 4.69) is 5.32 Å². The number of fused-ring (bicyclic) bond motifs is 1. The van der Waals surface area contributed by atoms with E-state index in [9.17, 15) is 13.2 Å². The van der Waals surface area contributed by atoms with Crippen LogP contribution in [0.5, 0.6) is 0 Å². The highest BCUT2D eigenvalue weighted by atomic mass is 32.2. The average Bonchev–Trinajstić information content (AvgIpc) is 3.18. The lowest BCUT2D eigenvalue weighted by Gasteiger charge is -2.21. The lowest BCUT2D eigenvalue weighted by molar-refractivity contribution is -0.119. The van der Waals surface area contributed by atoms with Gasteiger partial charge in [-0.2, -0.15) is 8.42 Å². The van der Waals surface area contributed by atoms with Crippen molar-refractivity contribution in [3.05, 3.63) is 48.4 Å². The lowest BCUT2D eigenvalue weighted by Crippen LogP contribution is -2.44. The predicted molar refractivity (Wildman–Crippen MR) is 88.8 cm³/mol. The molecule has 1 aromatic heterocycles. The van der Waals surface area contributed by atoms with Gasteiger partial charge < -0.3 is 9.73 Å². The molecule has 1 saturated carbocycles. The van der Waals surface area contributed by atoms with Gasteiger partial charge in [-0.1, -0.05) is 12.1 Å². The fourth-order valence-corrected chi connectivity index (χ4v) is 4.75. The van der Waals surface area contributed by atoms with E-state index < -0.39 is 10.2 Å². The van der Waals surface area contributed by atoms with Crippen molar-refractivity contribution in [3.8, 4) is 0 Å². The Bertz CT molecular complexity index is 859. The maximum atomic E-state index is 12.9. The first-order chi connectivity index (χ1) is 11.6. The van der Waals surface area contributed by atoms with E-state index in [0.717, 1.165) is 12.8 Å². The Morgan fingerprint density at radius 2 is 1.92 bits per heavy atom. The van der Waals surface area contributed by atoms with Crippen LogP contribution in [0, 0.1) is 0 Å². The zero-order valence-electron chi connectivity index (χ0n) is 12.9. The highest BCUT2D eigenvalue weighted by molar-refractivity contribution is 7.94. The van der Waals surface area contributed by atoms with E-state index in [0.29, 0.717) is 17.1 Å². The second kappa shape index (κ2) is 5.55. The fraction of sp³-hybridized carbons (Fsp3) is 0.312. The van der Waals surface area contributed by atoms with Crippen LogP contribution in [0.2, 0.25) is 0 Å². The van der Waals surface area contributed by atoms with E-state index >= 15 is 0 Å². The minimum Gasteiger partial charge on any atom is -0.467 e. The van der Waals surface area contributed by atoms with Crippen LogP contribution in [0.4, 0.5) is 11.4 Å². The Morgan fingerprint density at radius 1 is 1.17 bits per heavy atom. The van der Waals surface area contributed by atoms with Gasteiger partial charge in [0.2, 0.25) is 5.91 Å². The van der Waals surface area contributed by atoms with Crippen LogP contribution in [-0.4, -0.2) is 26.9 Å². The van der Waals surface area contributed by atoms with Crippen molar-refractivity contribution in [2.75, 3.05) is 15.2 Å². The number of para-hydroxylation sites is 2. The minimum atomic E-state index is -3.71. The van der Waals surface area contributed by atoms with Crippen LogP contribution >= 0.6 is 0 Å². The Hall–Kier alpha value is -2.48. The molecule has 0 unspecified atom stereocenters. The monoisotopic (exact) mass is 347 g/mol. The molecule has 0 spiro atoms. The normalized spacial score (nSPS) is 18.5. The molecular formula is C16H17N3O4S. The zero-order chi connectivity index (χ0) is 16.7. The Morgan fingerprint density at radius 3 is 2.58 bits per heavy atom. The molecule has 8 heteroatoms. The molecule has 1 amide bonds. The molecule has 126 valence electrons. The molecule has 1 aromatic carbocycles. The van der Waals surface area contributed by atoms with E-state index in [4.69, 9.17) is 4.42 Å². The molecule has 0 radical (unpaired) electrons. The molecule has 0 saturated heterocycles. The van der Waals surface area contributed by atoms with Gasteiger partial charge in [-0.15, -0.1) is 0 Å².